The number of H-pyrrole nitrogens is 1. The van der Waals surface area contributed by atoms with Crippen LogP contribution in [0, 0.1) is 19.7 Å². The second-order valence-electron chi connectivity index (χ2n) is 7.42. The zero-order chi connectivity index (χ0) is 21.1. The first-order valence-electron chi connectivity index (χ1n) is 10.1. The quantitative estimate of drug-likeness (QED) is 0.507. The van der Waals surface area contributed by atoms with Crippen LogP contribution in [0.1, 0.15) is 59.6 Å². The molecular weight excluding hydrogens is 369 g/mol. The molecule has 0 aliphatic carbocycles. The van der Waals surface area contributed by atoms with Gasteiger partial charge in [-0.15, -0.1) is 0 Å². The van der Waals surface area contributed by atoms with Gasteiger partial charge in [0.15, 0.2) is 5.78 Å². The van der Waals surface area contributed by atoms with Crippen LogP contribution in [-0.2, 0) is 4.79 Å². The summed E-state index contributed by atoms with van der Waals surface area (Å²) < 4.78 is 13.7. The standard InChI is InChI=1S/C23H28FN3O2/c1-5-27(6-2)11-7-8-21(28)22-14(3)20(25-15(22)4)13-18-17-12-16(24)9-10-19(17)26-23(18)29/h9-10,12-13,25H,5-8,11H2,1-4H3,(H,26,29)/b18-13-. The second-order valence-corrected chi connectivity index (χ2v) is 7.42. The highest BCUT2D eigenvalue weighted by molar-refractivity contribution is 6.34. The number of anilines is 1. The Morgan fingerprint density at radius 3 is 2.62 bits per heavy atom. The molecule has 6 heteroatoms. The molecule has 0 atom stereocenters. The first-order valence-corrected chi connectivity index (χ1v) is 10.1. The van der Waals surface area contributed by atoms with Crippen LogP contribution in [0.5, 0.6) is 0 Å². The molecular formula is C23H28FN3O2. The van der Waals surface area contributed by atoms with E-state index in [0.29, 0.717) is 34.5 Å². The van der Waals surface area contributed by atoms with Gasteiger partial charge in [0.2, 0.25) is 0 Å². The number of hydrogen-bond acceptors (Lipinski definition) is 3. The van der Waals surface area contributed by atoms with Gasteiger partial charge in [-0.2, -0.15) is 0 Å². The van der Waals surface area contributed by atoms with Gasteiger partial charge in [-0.25, -0.2) is 4.39 Å². The number of fused-ring (bicyclic) bond motifs is 1. The molecule has 0 fully saturated rings. The molecule has 2 N–H and O–H groups in total. The van der Waals surface area contributed by atoms with Crippen molar-refractivity contribution in [1.29, 1.82) is 0 Å². The average Bonchev–Trinajstić information content (AvgIpc) is 3.14. The fourth-order valence-electron chi connectivity index (χ4n) is 3.91. The van der Waals surface area contributed by atoms with Crippen molar-refractivity contribution in [3.05, 3.63) is 52.1 Å². The first kappa shape index (κ1) is 21.0. The van der Waals surface area contributed by atoms with Crippen LogP contribution < -0.4 is 5.32 Å². The number of nitrogens with one attached hydrogen (secondary N) is 2. The normalized spacial score (nSPS) is 14.6. The van der Waals surface area contributed by atoms with Crippen LogP contribution in [0.4, 0.5) is 10.1 Å². The largest absolute Gasteiger partial charge is 0.358 e. The number of aromatic nitrogens is 1. The second kappa shape index (κ2) is 8.74. The van der Waals surface area contributed by atoms with E-state index in [0.717, 1.165) is 37.3 Å². The van der Waals surface area contributed by atoms with Crippen LogP contribution >= 0.6 is 0 Å². The Morgan fingerprint density at radius 2 is 1.93 bits per heavy atom. The van der Waals surface area contributed by atoms with E-state index in [2.05, 4.69) is 29.0 Å². The van der Waals surface area contributed by atoms with Crippen molar-refractivity contribution in [2.75, 3.05) is 25.0 Å². The molecule has 0 saturated heterocycles. The molecule has 1 amide bonds. The number of benzene rings is 1. The molecule has 0 saturated carbocycles. The number of ketones is 1. The minimum atomic E-state index is -0.394. The predicted molar refractivity (Wildman–Crippen MR) is 115 cm³/mol. The zero-order valence-corrected chi connectivity index (χ0v) is 17.5. The smallest absolute Gasteiger partial charge is 0.256 e. The molecule has 0 radical (unpaired) electrons. The summed E-state index contributed by atoms with van der Waals surface area (Å²) in [6.07, 6.45) is 3.01. The van der Waals surface area contributed by atoms with E-state index in [1.807, 2.05) is 13.8 Å². The lowest BCUT2D eigenvalue weighted by Gasteiger charge is -2.17. The third kappa shape index (κ3) is 4.32. The van der Waals surface area contributed by atoms with Crippen molar-refractivity contribution in [2.24, 2.45) is 0 Å². The molecule has 2 aromatic rings. The van der Waals surface area contributed by atoms with Crippen LogP contribution in [0.15, 0.2) is 18.2 Å². The van der Waals surface area contributed by atoms with E-state index >= 15 is 0 Å². The number of aryl methyl sites for hydroxylation is 1. The van der Waals surface area contributed by atoms with Crippen molar-refractivity contribution in [2.45, 2.75) is 40.5 Å². The summed E-state index contributed by atoms with van der Waals surface area (Å²) in [5, 5.41) is 2.75. The van der Waals surface area contributed by atoms with E-state index in [1.54, 1.807) is 12.1 Å². The maximum Gasteiger partial charge on any atom is 0.256 e. The van der Waals surface area contributed by atoms with Gasteiger partial charge in [-0.3, -0.25) is 9.59 Å². The summed E-state index contributed by atoms with van der Waals surface area (Å²) in [6.45, 7) is 10.9. The van der Waals surface area contributed by atoms with Crippen molar-refractivity contribution in [1.82, 2.24) is 9.88 Å². The Hall–Kier alpha value is -2.73. The highest BCUT2D eigenvalue weighted by atomic mass is 19.1. The Bertz CT molecular complexity index is 971. The SMILES string of the molecule is CCN(CC)CCCC(=O)c1c(C)[nH]c(/C=C2\C(=O)Nc3ccc(F)cc32)c1C. The number of aromatic amines is 1. The Kier molecular flexibility index (Phi) is 6.33. The lowest BCUT2D eigenvalue weighted by Crippen LogP contribution is -2.24. The predicted octanol–water partition coefficient (Wildman–Crippen LogP) is 4.57. The molecule has 1 aromatic carbocycles. The monoisotopic (exact) mass is 397 g/mol. The maximum absolute atomic E-state index is 13.7. The van der Waals surface area contributed by atoms with Crippen LogP contribution in [0.25, 0.3) is 11.6 Å². The highest BCUT2D eigenvalue weighted by Crippen LogP contribution is 2.34. The van der Waals surface area contributed by atoms with Crippen molar-refractivity contribution < 1.29 is 14.0 Å². The number of Topliss-reactive ketones (excluding diaryl/α,β-unsaturated/α-hetero) is 1. The number of carbonyl (C=O) groups excluding carboxylic acids is 2. The maximum atomic E-state index is 13.7. The minimum absolute atomic E-state index is 0.107. The fourth-order valence-corrected chi connectivity index (χ4v) is 3.91. The Labute approximate surface area is 171 Å². The van der Waals surface area contributed by atoms with Gasteiger partial charge in [0, 0.05) is 34.6 Å². The van der Waals surface area contributed by atoms with E-state index in [9.17, 15) is 14.0 Å². The van der Waals surface area contributed by atoms with E-state index in [1.165, 1.54) is 12.1 Å². The van der Waals surface area contributed by atoms with Crippen molar-refractivity contribution in [3.8, 4) is 0 Å². The molecule has 1 aliphatic rings. The van der Waals surface area contributed by atoms with Crippen LogP contribution in [0.3, 0.4) is 0 Å². The zero-order valence-electron chi connectivity index (χ0n) is 17.5. The summed E-state index contributed by atoms with van der Waals surface area (Å²) in [7, 11) is 0. The van der Waals surface area contributed by atoms with Crippen molar-refractivity contribution in [3.63, 3.8) is 0 Å². The van der Waals surface area contributed by atoms with Crippen LogP contribution in [0.2, 0.25) is 0 Å². The average molecular weight is 397 g/mol. The molecule has 154 valence electrons. The lowest BCUT2D eigenvalue weighted by molar-refractivity contribution is -0.110. The highest BCUT2D eigenvalue weighted by Gasteiger charge is 2.26. The molecule has 0 spiro atoms. The fraction of sp³-hybridized carbons (Fsp3) is 0.391. The Balaban J connectivity index is 1.83. The van der Waals surface area contributed by atoms with Gasteiger partial charge < -0.3 is 15.2 Å². The number of carbonyl (C=O) groups is 2. The van der Waals surface area contributed by atoms with E-state index in [-0.39, 0.29) is 11.7 Å². The van der Waals surface area contributed by atoms with E-state index in [4.69, 9.17) is 0 Å². The molecule has 0 bridgehead atoms. The van der Waals surface area contributed by atoms with E-state index < -0.39 is 5.82 Å². The van der Waals surface area contributed by atoms with Crippen LogP contribution in [-0.4, -0.2) is 41.2 Å². The number of amides is 1. The molecule has 0 unspecified atom stereocenters. The minimum Gasteiger partial charge on any atom is -0.358 e. The number of hydrogen-bond donors (Lipinski definition) is 2. The molecule has 29 heavy (non-hydrogen) atoms. The summed E-state index contributed by atoms with van der Waals surface area (Å²) in [5.74, 6) is -0.561. The van der Waals surface area contributed by atoms with Gasteiger partial charge in [-0.1, -0.05) is 13.8 Å². The van der Waals surface area contributed by atoms with Crippen molar-refractivity contribution >= 4 is 29.0 Å². The first-order chi connectivity index (χ1) is 13.8. The summed E-state index contributed by atoms with van der Waals surface area (Å²) in [4.78, 5) is 30.7. The summed E-state index contributed by atoms with van der Waals surface area (Å²) >= 11 is 0. The van der Waals surface area contributed by atoms with Gasteiger partial charge in [0.1, 0.15) is 5.82 Å². The molecule has 2 heterocycles. The molecule has 5 nitrogen and oxygen atoms in total. The van der Waals surface area contributed by atoms with Gasteiger partial charge in [0.05, 0.1) is 5.57 Å². The Morgan fingerprint density at radius 1 is 1.21 bits per heavy atom. The number of nitrogens with zero attached hydrogens (tertiary/aromatic N) is 1. The molecule has 1 aliphatic heterocycles. The van der Waals surface area contributed by atoms with Gasteiger partial charge in [-0.05, 0) is 69.7 Å². The topological polar surface area (TPSA) is 65.2 Å². The third-order valence-electron chi connectivity index (χ3n) is 5.58. The summed E-state index contributed by atoms with van der Waals surface area (Å²) in [5.41, 5.74) is 4.53. The lowest BCUT2D eigenvalue weighted by atomic mass is 10.0. The molecule has 3 rings (SSSR count). The van der Waals surface area contributed by atoms with Gasteiger partial charge in [0.25, 0.3) is 5.91 Å². The molecule has 1 aromatic heterocycles. The summed E-state index contributed by atoms with van der Waals surface area (Å²) in [6, 6.07) is 4.23. The number of halogens is 1. The third-order valence-corrected chi connectivity index (χ3v) is 5.58. The number of rotatable bonds is 8. The van der Waals surface area contributed by atoms with Gasteiger partial charge >= 0.3 is 0 Å².